The van der Waals surface area contributed by atoms with Gasteiger partial charge in [0, 0.05) is 44.3 Å². The van der Waals surface area contributed by atoms with Crippen LogP contribution >= 0.6 is 0 Å². The van der Waals surface area contributed by atoms with Gasteiger partial charge in [0.15, 0.2) is 0 Å². The van der Waals surface area contributed by atoms with Crippen LogP contribution in [-0.2, 0) is 23.0 Å². The average Bonchev–Trinajstić information content (AvgIpc) is 3.09. The molecule has 0 radical (unpaired) electrons. The molecule has 1 atom stereocenters. The van der Waals surface area contributed by atoms with Crippen molar-refractivity contribution in [3.63, 3.8) is 0 Å². The Morgan fingerprint density at radius 2 is 1.71 bits per heavy atom. The van der Waals surface area contributed by atoms with Gasteiger partial charge in [-0.1, -0.05) is 12.1 Å². The molecule has 0 spiro atoms. The zero-order chi connectivity index (χ0) is 24.7. The van der Waals surface area contributed by atoms with Crippen molar-refractivity contribution < 1.29 is 31.1 Å². The van der Waals surface area contributed by atoms with Crippen molar-refractivity contribution in [1.29, 1.82) is 0 Å². The highest BCUT2D eigenvalue weighted by molar-refractivity contribution is 7.92. The lowest BCUT2D eigenvalue weighted by atomic mass is 10.1. The number of carbonyl (C=O) groups is 1. The first kappa shape index (κ1) is 24.3. The molecule has 0 saturated carbocycles. The van der Waals surface area contributed by atoms with Crippen LogP contribution in [0.5, 0.6) is 5.75 Å². The van der Waals surface area contributed by atoms with E-state index in [0.717, 1.165) is 11.1 Å². The third-order valence-corrected chi connectivity index (χ3v) is 7.33. The summed E-state index contributed by atoms with van der Waals surface area (Å²) in [4.78, 5) is 17.0. The second-order valence-corrected chi connectivity index (χ2v) is 10.6. The first-order valence-corrected chi connectivity index (χ1v) is 12.7. The number of alkyl halides is 3. The van der Waals surface area contributed by atoms with Crippen molar-refractivity contribution in [3.05, 3.63) is 59.2 Å². The van der Waals surface area contributed by atoms with Gasteiger partial charge >= 0.3 is 6.36 Å². The quantitative estimate of drug-likeness (QED) is 0.635. The number of carbonyl (C=O) groups excluding carboxylic acids is 1. The van der Waals surface area contributed by atoms with Gasteiger partial charge in [-0.05, 0) is 54.8 Å². The number of sulfonamides is 1. The maximum absolute atomic E-state index is 13.0. The Balaban J connectivity index is 1.34. The van der Waals surface area contributed by atoms with E-state index in [4.69, 9.17) is 0 Å². The summed E-state index contributed by atoms with van der Waals surface area (Å²) >= 11 is 0. The highest BCUT2D eigenvalue weighted by Gasteiger charge is 2.33. The van der Waals surface area contributed by atoms with Crippen LogP contribution in [0.15, 0.2) is 42.5 Å². The van der Waals surface area contributed by atoms with E-state index in [-0.39, 0.29) is 17.7 Å². The fourth-order valence-corrected chi connectivity index (χ4v) is 5.85. The number of hydrogen-bond donors (Lipinski definition) is 0. The van der Waals surface area contributed by atoms with E-state index < -0.39 is 16.4 Å². The molecule has 2 heterocycles. The number of fused-ring (bicyclic) bond motifs is 1. The zero-order valence-electron chi connectivity index (χ0n) is 18.9. The Kier molecular flexibility index (Phi) is 6.52. The molecule has 1 unspecified atom stereocenters. The first-order valence-electron chi connectivity index (χ1n) is 10.9. The number of benzene rings is 2. The van der Waals surface area contributed by atoms with Gasteiger partial charge in [-0.25, -0.2) is 8.42 Å². The number of ether oxygens (including phenoxy) is 1. The summed E-state index contributed by atoms with van der Waals surface area (Å²) in [5, 5.41) is 0. The Labute approximate surface area is 196 Å². The van der Waals surface area contributed by atoms with Gasteiger partial charge in [-0.3, -0.25) is 14.0 Å². The van der Waals surface area contributed by atoms with E-state index in [1.807, 2.05) is 6.92 Å². The molecule has 0 bridgehead atoms. The van der Waals surface area contributed by atoms with Crippen molar-refractivity contribution in [1.82, 2.24) is 9.80 Å². The van der Waals surface area contributed by atoms with Crippen molar-refractivity contribution in [2.45, 2.75) is 32.3 Å². The molecule has 4 rings (SSSR count). The fourth-order valence-electron chi connectivity index (χ4n) is 4.59. The van der Waals surface area contributed by atoms with Crippen LogP contribution in [0.4, 0.5) is 18.9 Å². The molecule has 2 aromatic carbocycles. The molecule has 0 N–H and O–H groups in total. The minimum absolute atomic E-state index is 0.0958. The SMILES string of the molecule is CC1Cc2cc(C(=O)N3CCN(Cc4ccc(OC(F)(F)F)cc4)CC3)ccc2N1S(C)(=O)=O. The lowest BCUT2D eigenvalue weighted by Gasteiger charge is -2.35. The molecule has 0 aliphatic carbocycles. The fraction of sp³-hybridized carbons (Fsp3) is 0.435. The maximum atomic E-state index is 13.0. The smallest absolute Gasteiger partial charge is 0.406 e. The molecule has 2 aliphatic rings. The van der Waals surface area contributed by atoms with Crippen LogP contribution in [-0.4, -0.2) is 69.0 Å². The Bertz CT molecular complexity index is 1160. The van der Waals surface area contributed by atoms with Crippen molar-refractivity contribution in [2.75, 3.05) is 36.7 Å². The summed E-state index contributed by atoms with van der Waals surface area (Å²) in [6, 6.07) is 10.8. The highest BCUT2D eigenvalue weighted by atomic mass is 32.2. The normalized spacial score (nSPS) is 19.3. The van der Waals surface area contributed by atoms with E-state index >= 15 is 0 Å². The lowest BCUT2D eigenvalue weighted by molar-refractivity contribution is -0.274. The van der Waals surface area contributed by atoms with Crippen LogP contribution in [0.3, 0.4) is 0 Å². The molecule has 1 fully saturated rings. The van der Waals surface area contributed by atoms with Gasteiger partial charge in [-0.2, -0.15) is 0 Å². The number of halogens is 3. The van der Waals surface area contributed by atoms with Gasteiger partial charge in [-0.15, -0.1) is 13.2 Å². The van der Waals surface area contributed by atoms with E-state index in [1.165, 1.54) is 22.7 Å². The predicted molar refractivity (Wildman–Crippen MR) is 121 cm³/mol. The van der Waals surface area contributed by atoms with Gasteiger partial charge in [0.2, 0.25) is 10.0 Å². The average molecular weight is 498 g/mol. The highest BCUT2D eigenvalue weighted by Crippen LogP contribution is 2.35. The summed E-state index contributed by atoms with van der Waals surface area (Å²) in [7, 11) is -3.39. The predicted octanol–water partition coefficient (Wildman–Crippen LogP) is 3.25. The second kappa shape index (κ2) is 9.10. The molecular weight excluding hydrogens is 471 g/mol. The van der Waals surface area contributed by atoms with Crippen LogP contribution in [0.1, 0.15) is 28.4 Å². The summed E-state index contributed by atoms with van der Waals surface area (Å²) in [6.07, 6.45) is -2.97. The summed E-state index contributed by atoms with van der Waals surface area (Å²) < 4.78 is 66.4. The molecule has 0 aromatic heterocycles. The number of hydrogen-bond acceptors (Lipinski definition) is 5. The Morgan fingerprint density at radius 1 is 1.06 bits per heavy atom. The molecule has 1 amide bonds. The van der Waals surface area contributed by atoms with Crippen LogP contribution < -0.4 is 9.04 Å². The molecule has 184 valence electrons. The minimum atomic E-state index is -4.71. The van der Waals surface area contributed by atoms with Gasteiger partial charge in [0.25, 0.3) is 5.91 Å². The van der Waals surface area contributed by atoms with Gasteiger partial charge < -0.3 is 9.64 Å². The maximum Gasteiger partial charge on any atom is 0.573 e. The van der Waals surface area contributed by atoms with Crippen molar-refractivity contribution in [3.8, 4) is 5.75 Å². The lowest BCUT2D eigenvalue weighted by Crippen LogP contribution is -2.48. The van der Waals surface area contributed by atoms with E-state index in [1.54, 1.807) is 35.2 Å². The number of amides is 1. The van der Waals surface area contributed by atoms with Crippen LogP contribution in [0.2, 0.25) is 0 Å². The third-order valence-electron chi connectivity index (χ3n) is 6.06. The largest absolute Gasteiger partial charge is 0.573 e. The number of rotatable bonds is 5. The molecule has 34 heavy (non-hydrogen) atoms. The summed E-state index contributed by atoms with van der Waals surface area (Å²) in [5.74, 6) is -0.350. The van der Waals surface area contributed by atoms with Gasteiger partial charge in [0.05, 0.1) is 11.9 Å². The zero-order valence-corrected chi connectivity index (χ0v) is 19.7. The second-order valence-electron chi connectivity index (χ2n) is 8.72. The van der Waals surface area contributed by atoms with Crippen molar-refractivity contribution in [2.24, 2.45) is 0 Å². The van der Waals surface area contributed by atoms with E-state index in [0.29, 0.717) is 50.4 Å². The molecule has 2 aromatic rings. The number of anilines is 1. The Hall–Kier alpha value is -2.79. The van der Waals surface area contributed by atoms with E-state index in [9.17, 15) is 26.4 Å². The first-order chi connectivity index (χ1) is 15.9. The number of piperazine rings is 1. The van der Waals surface area contributed by atoms with Crippen molar-refractivity contribution >= 4 is 21.6 Å². The molecular formula is C23H26F3N3O4S. The molecule has 1 saturated heterocycles. The third kappa shape index (κ3) is 5.47. The summed E-state index contributed by atoms with van der Waals surface area (Å²) in [6.45, 7) is 4.73. The van der Waals surface area contributed by atoms with E-state index in [2.05, 4.69) is 9.64 Å². The van der Waals surface area contributed by atoms with Crippen LogP contribution in [0, 0.1) is 0 Å². The standard InChI is InChI=1S/C23H26F3N3O4S/c1-16-13-19-14-18(5-8-21(19)29(16)34(2,31)32)22(30)28-11-9-27(10-12-28)15-17-3-6-20(7-4-17)33-23(24,25)26/h3-8,14,16H,9-13,15H2,1-2H3. The number of nitrogens with zero attached hydrogens (tertiary/aromatic N) is 3. The monoisotopic (exact) mass is 497 g/mol. The Morgan fingerprint density at radius 3 is 2.29 bits per heavy atom. The van der Waals surface area contributed by atoms with Gasteiger partial charge in [0.1, 0.15) is 5.75 Å². The topological polar surface area (TPSA) is 70.2 Å². The minimum Gasteiger partial charge on any atom is -0.406 e. The molecule has 11 heteroatoms. The molecule has 2 aliphatic heterocycles. The summed E-state index contributed by atoms with van der Waals surface area (Å²) in [5.41, 5.74) is 2.87. The molecule has 7 nitrogen and oxygen atoms in total. The van der Waals surface area contributed by atoms with Crippen LogP contribution in [0.25, 0.3) is 0 Å².